The van der Waals surface area contributed by atoms with E-state index in [0.29, 0.717) is 30.5 Å². The van der Waals surface area contributed by atoms with Crippen LogP contribution in [0.4, 0.5) is 5.82 Å². The Hall–Kier alpha value is -3.03. The summed E-state index contributed by atoms with van der Waals surface area (Å²) in [5.74, 6) is 1.65. The van der Waals surface area contributed by atoms with Crippen molar-refractivity contribution in [1.82, 2.24) is 9.55 Å². The Morgan fingerprint density at radius 2 is 1.96 bits per heavy atom. The number of anilines is 1. The van der Waals surface area contributed by atoms with Crippen LogP contribution in [-0.4, -0.2) is 36.0 Å². The SMILES string of the molecule is CCCOc1ccc(C=NN(C)c2cc(=O)n(C)c(=O)[nH]2)cc1OCC. The van der Waals surface area contributed by atoms with Crippen molar-refractivity contribution < 1.29 is 9.47 Å². The number of hydrogen-bond donors (Lipinski definition) is 1. The monoisotopic (exact) mass is 360 g/mol. The van der Waals surface area contributed by atoms with Gasteiger partial charge in [0.25, 0.3) is 5.56 Å². The molecule has 0 amide bonds. The van der Waals surface area contributed by atoms with Crippen molar-refractivity contribution >= 4 is 12.0 Å². The summed E-state index contributed by atoms with van der Waals surface area (Å²) in [6.07, 6.45) is 2.52. The lowest BCUT2D eigenvalue weighted by Crippen LogP contribution is -2.33. The van der Waals surface area contributed by atoms with E-state index in [2.05, 4.69) is 10.1 Å². The number of hydrazone groups is 1. The highest BCUT2D eigenvalue weighted by Crippen LogP contribution is 2.28. The summed E-state index contributed by atoms with van der Waals surface area (Å²) >= 11 is 0. The molecular weight excluding hydrogens is 336 g/mol. The smallest absolute Gasteiger partial charge is 0.329 e. The Balaban J connectivity index is 2.22. The maximum atomic E-state index is 11.7. The molecular formula is C18H24N4O4. The first-order valence-corrected chi connectivity index (χ1v) is 8.44. The molecule has 0 bridgehead atoms. The van der Waals surface area contributed by atoms with E-state index in [0.717, 1.165) is 16.6 Å². The summed E-state index contributed by atoms with van der Waals surface area (Å²) in [5.41, 5.74) is -0.0946. The molecule has 0 atom stereocenters. The quantitative estimate of drug-likeness (QED) is 0.572. The average molecular weight is 360 g/mol. The molecule has 8 heteroatoms. The van der Waals surface area contributed by atoms with E-state index in [1.165, 1.54) is 18.1 Å². The van der Waals surface area contributed by atoms with Crippen LogP contribution in [0.2, 0.25) is 0 Å². The van der Waals surface area contributed by atoms with Crippen LogP contribution in [0.15, 0.2) is 39.0 Å². The van der Waals surface area contributed by atoms with Gasteiger partial charge >= 0.3 is 5.69 Å². The van der Waals surface area contributed by atoms with Gasteiger partial charge in [-0.2, -0.15) is 5.10 Å². The maximum absolute atomic E-state index is 11.7. The van der Waals surface area contributed by atoms with Crippen molar-refractivity contribution in [3.05, 3.63) is 50.7 Å². The van der Waals surface area contributed by atoms with E-state index < -0.39 is 11.2 Å². The number of ether oxygens (including phenoxy) is 2. The van der Waals surface area contributed by atoms with Crippen LogP contribution in [0.5, 0.6) is 11.5 Å². The Kier molecular flexibility index (Phi) is 6.60. The third-order valence-corrected chi connectivity index (χ3v) is 3.59. The molecule has 2 aromatic rings. The molecule has 26 heavy (non-hydrogen) atoms. The van der Waals surface area contributed by atoms with Gasteiger partial charge in [-0.25, -0.2) is 4.79 Å². The number of aromatic nitrogens is 2. The van der Waals surface area contributed by atoms with Gasteiger partial charge in [0, 0.05) is 20.2 Å². The van der Waals surface area contributed by atoms with Gasteiger partial charge < -0.3 is 9.47 Å². The Morgan fingerprint density at radius 1 is 1.19 bits per heavy atom. The molecule has 0 fully saturated rings. The highest BCUT2D eigenvalue weighted by Gasteiger charge is 2.07. The lowest BCUT2D eigenvalue weighted by molar-refractivity contribution is 0.277. The molecule has 0 saturated heterocycles. The summed E-state index contributed by atoms with van der Waals surface area (Å²) in [6, 6.07) is 6.84. The van der Waals surface area contributed by atoms with Gasteiger partial charge in [-0.3, -0.25) is 19.4 Å². The minimum absolute atomic E-state index is 0.308. The molecule has 8 nitrogen and oxygen atoms in total. The molecule has 1 N–H and O–H groups in total. The van der Waals surface area contributed by atoms with Crippen LogP contribution < -0.4 is 25.7 Å². The molecule has 0 radical (unpaired) electrons. The van der Waals surface area contributed by atoms with Gasteiger partial charge in [-0.05, 0) is 37.1 Å². The molecule has 0 saturated carbocycles. The van der Waals surface area contributed by atoms with Crippen molar-refractivity contribution in [2.75, 3.05) is 25.3 Å². The molecule has 1 aromatic carbocycles. The fraction of sp³-hybridized carbons (Fsp3) is 0.389. The number of nitrogens with zero attached hydrogens (tertiary/aromatic N) is 3. The lowest BCUT2D eigenvalue weighted by Gasteiger charge is -2.13. The second kappa shape index (κ2) is 8.89. The average Bonchev–Trinajstić information content (AvgIpc) is 2.63. The van der Waals surface area contributed by atoms with Crippen molar-refractivity contribution in [2.45, 2.75) is 20.3 Å². The predicted molar refractivity (Wildman–Crippen MR) is 102 cm³/mol. The van der Waals surface area contributed by atoms with Crippen LogP contribution in [0, 0.1) is 0 Å². The standard InChI is InChI=1S/C18H24N4O4/c1-5-9-26-14-8-7-13(10-15(14)25-6-2)12-19-22(4)16-11-17(23)21(3)18(24)20-16/h7-8,10-12H,5-6,9H2,1-4H3,(H,20,24). The Bertz CT molecular complexity index is 854. The van der Waals surface area contributed by atoms with Gasteiger partial charge in [-0.1, -0.05) is 6.92 Å². The number of aromatic amines is 1. The van der Waals surface area contributed by atoms with Crippen LogP contribution >= 0.6 is 0 Å². The van der Waals surface area contributed by atoms with Crippen molar-refractivity contribution in [3.63, 3.8) is 0 Å². The summed E-state index contributed by atoms with van der Waals surface area (Å²) in [6.45, 7) is 5.09. The van der Waals surface area contributed by atoms with Crippen molar-refractivity contribution in [1.29, 1.82) is 0 Å². The molecule has 0 aliphatic heterocycles. The number of nitrogens with one attached hydrogen (secondary N) is 1. The summed E-state index contributed by atoms with van der Waals surface area (Å²) in [5, 5.41) is 5.68. The van der Waals surface area contributed by atoms with Crippen LogP contribution in [-0.2, 0) is 7.05 Å². The fourth-order valence-corrected chi connectivity index (χ4v) is 2.14. The highest BCUT2D eigenvalue weighted by atomic mass is 16.5. The van der Waals surface area contributed by atoms with Gasteiger partial charge in [0.2, 0.25) is 0 Å². The highest BCUT2D eigenvalue weighted by molar-refractivity contribution is 5.81. The number of hydrogen-bond acceptors (Lipinski definition) is 6. The minimum Gasteiger partial charge on any atom is -0.490 e. The molecule has 0 spiro atoms. The number of benzene rings is 1. The largest absolute Gasteiger partial charge is 0.490 e. The lowest BCUT2D eigenvalue weighted by atomic mass is 10.2. The molecule has 0 unspecified atom stereocenters. The molecule has 1 aromatic heterocycles. The Labute approximate surface area is 151 Å². The van der Waals surface area contributed by atoms with Crippen LogP contribution in [0.1, 0.15) is 25.8 Å². The van der Waals surface area contributed by atoms with Crippen LogP contribution in [0.3, 0.4) is 0 Å². The van der Waals surface area contributed by atoms with E-state index in [9.17, 15) is 9.59 Å². The molecule has 140 valence electrons. The van der Waals surface area contributed by atoms with E-state index in [1.54, 1.807) is 13.3 Å². The first-order valence-electron chi connectivity index (χ1n) is 8.44. The molecule has 0 aliphatic carbocycles. The predicted octanol–water partition coefficient (Wildman–Crippen LogP) is 1.73. The van der Waals surface area contributed by atoms with Gasteiger partial charge in [0.15, 0.2) is 11.5 Å². The summed E-state index contributed by atoms with van der Waals surface area (Å²) in [4.78, 5) is 26.0. The first-order chi connectivity index (χ1) is 12.5. The van der Waals surface area contributed by atoms with E-state index in [4.69, 9.17) is 9.47 Å². The van der Waals surface area contributed by atoms with E-state index in [1.807, 2.05) is 32.0 Å². The second-order valence-electron chi connectivity index (χ2n) is 5.61. The Morgan fingerprint density at radius 3 is 2.62 bits per heavy atom. The summed E-state index contributed by atoms with van der Waals surface area (Å²) < 4.78 is 12.3. The number of rotatable bonds is 8. The third kappa shape index (κ3) is 4.75. The second-order valence-corrected chi connectivity index (χ2v) is 5.61. The maximum Gasteiger partial charge on any atom is 0.329 e. The van der Waals surface area contributed by atoms with E-state index >= 15 is 0 Å². The van der Waals surface area contributed by atoms with Crippen molar-refractivity contribution in [2.24, 2.45) is 12.1 Å². The van der Waals surface area contributed by atoms with Gasteiger partial charge in [0.05, 0.1) is 19.4 Å². The van der Waals surface area contributed by atoms with Gasteiger partial charge in [-0.15, -0.1) is 0 Å². The first kappa shape index (κ1) is 19.3. The molecule has 0 aliphatic rings. The van der Waals surface area contributed by atoms with Gasteiger partial charge in [0.1, 0.15) is 5.82 Å². The molecule has 1 heterocycles. The third-order valence-electron chi connectivity index (χ3n) is 3.59. The zero-order valence-corrected chi connectivity index (χ0v) is 15.5. The zero-order chi connectivity index (χ0) is 19.1. The molecule has 2 rings (SSSR count). The van der Waals surface area contributed by atoms with E-state index in [-0.39, 0.29) is 0 Å². The fourth-order valence-electron chi connectivity index (χ4n) is 2.14. The minimum atomic E-state index is -0.495. The zero-order valence-electron chi connectivity index (χ0n) is 15.5. The van der Waals surface area contributed by atoms with Crippen molar-refractivity contribution in [3.8, 4) is 11.5 Å². The normalized spacial score (nSPS) is 10.9. The number of H-pyrrole nitrogens is 1. The topological polar surface area (TPSA) is 88.9 Å². The summed E-state index contributed by atoms with van der Waals surface area (Å²) in [7, 11) is 3.05. The van der Waals surface area contributed by atoms with Crippen LogP contribution in [0.25, 0.3) is 0 Å².